The maximum absolute atomic E-state index is 12.9. The quantitative estimate of drug-likeness (QED) is 0.524. The Kier molecular flexibility index (Phi) is 5.23. The molecule has 1 saturated heterocycles. The molecule has 2 N–H and O–H groups in total. The van der Waals surface area contributed by atoms with Crippen LogP contribution in [0.15, 0.2) is 42.5 Å². The number of anilines is 1. The Hall–Kier alpha value is -2.42. The summed E-state index contributed by atoms with van der Waals surface area (Å²) in [6, 6.07) is 12.4. The number of halogens is 1. The Morgan fingerprint density at radius 1 is 1.15 bits per heavy atom. The highest BCUT2D eigenvalue weighted by Gasteiger charge is 2.49. The third-order valence-electron chi connectivity index (χ3n) is 4.67. The largest absolute Gasteiger partial charge is 0.325 e. The van der Waals surface area contributed by atoms with Gasteiger partial charge in [-0.15, -0.1) is 0 Å². The molecule has 1 heterocycles. The van der Waals surface area contributed by atoms with Crippen LogP contribution in [-0.4, -0.2) is 29.3 Å². The number of hydrogen-bond donors (Lipinski definition) is 2. The molecule has 1 aliphatic rings. The first kappa shape index (κ1) is 19.3. The van der Waals surface area contributed by atoms with Crippen LogP contribution in [0, 0.1) is 17.4 Å². The van der Waals surface area contributed by atoms with Crippen LogP contribution in [0.4, 0.5) is 10.5 Å². The van der Waals surface area contributed by atoms with Crippen molar-refractivity contribution in [2.24, 2.45) is 0 Å². The molecule has 0 aromatic heterocycles. The van der Waals surface area contributed by atoms with E-state index in [0.717, 1.165) is 19.6 Å². The number of rotatable bonds is 4. The van der Waals surface area contributed by atoms with Gasteiger partial charge in [0.15, 0.2) is 0 Å². The van der Waals surface area contributed by atoms with E-state index >= 15 is 0 Å². The lowest BCUT2D eigenvalue weighted by Crippen LogP contribution is -2.42. The molecule has 27 heavy (non-hydrogen) atoms. The van der Waals surface area contributed by atoms with Gasteiger partial charge in [-0.3, -0.25) is 14.5 Å². The Morgan fingerprint density at radius 2 is 1.81 bits per heavy atom. The number of nitrogens with zero attached hydrogens (tertiary/aromatic N) is 1. The third-order valence-corrected chi connectivity index (χ3v) is 5.34. The van der Waals surface area contributed by atoms with Gasteiger partial charge in [-0.25, -0.2) is 4.79 Å². The van der Waals surface area contributed by atoms with E-state index in [0.29, 0.717) is 11.3 Å². The molecule has 140 valence electrons. The fourth-order valence-corrected chi connectivity index (χ4v) is 3.67. The van der Waals surface area contributed by atoms with E-state index in [-0.39, 0.29) is 6.54 Å². The Morgan fingerprint density at radius 3 is 2.44 bits per heavy atom. The molecule has 7 heteroatoms. The standard InChI is InChI=1S/C20H20IN3O3/c1-12-4-6-14(7-5-12)20(3)18(26)24(19(27)23-20)11-17(25)22-16-9-8-15(21)10-13(16)2/h4-10H,11H2,1-3H3,(H,22,25)(H,23,27). The van der Waals surface area contributed by atoms with Gasteiger partial charge in [0, 0.05) is 9.26 Å². The minimum absolute atomic E-state index is 0.336. The SMILES string of the molecule is Cc1ccc(C2(C)NC(=O)N(CC(=O)Nc3ccc(I)cc3C)C2=O)cc1. The predicted octanol–water partition coefficient (Wildman–Crippen LogP) is 3.31. The Labute approximate surface area is 171 Å². The molecule has 0 aliphatic carbocycles. The number of urea groups is 1. The molecule has 3 rings (SSSR count). The first-order valence-corrected chi connectivity index (χ1v) is 9.56. The number of imide groups is 1. The van der Waals surface area contributed by atoms with Crippen molar-refractivity contribution in [1.82, 2.24) is 10.2 Å². The summed E-state index contributed by atoms with van der Waals surface area (Å²) in [6.07, 6.45) is 0. The van der Waals surface area contributed by atoms with E-state index in [2.05, 4.69) is 33.2 Å². The molecule has 1 fully saturated rings. The first-order chi connectivity index (χ1) is 12.7. The van der Waals surface area contributed by atoms with Gasteiger partial charge < -0.3 is 10.6 Å². The van der Waals surface area contributed by atoms with Crippen molar-refractivity contribution in [2.75, 3.05) is 11.9 Å². The van der Waals surface area contributed by atoms with Gasteiger partial charge in [-0.2, -0.15) is 0 Å². The number of amides is 4. The number of hydrogen-bond acceptors (Lipinski definition) is 3. The summed E-state index contributed by atoms with van der Waals surface area (Å²) in [6.45, 7) is 5.15. The van der Waals surface area contributed by atoms with Crippen molar-refractivity contribution in [3.8, 4) is 0 Å². The molecular weight excluding hydrogens is 457 g/mol. The number of carbonyl (C=O) groups is 3. The second-order valence-corrected chi connectivity index (χ2v) is 8.07. The lowest BCUT2D eigenvalue weighted by Gasteiger charge is -2.22. The predicted molar refractivity (Wildman–Crippen MR) is 111 cm³/mol. The third kappa shape index (κ3) is 3.83. The van der Waals surface area contributed by atoms with Crippen LogP contribution in [0.2, 0.25) is 0 Å². The van der Waals surface area contributed by atoms with E-state index < -0.39 is 23.4 Å². The maximum atomic E-state index is 12.9. The normalized spacial score (nSPS) is 19.2. The van der Waals surface area contributed by atoms with Crippen molar-refractivity contribution in [1.29, 1.82) is 0 Å². The molecule has 4 amide bonds. The molecule has 6 nitrogen and oxygen atoms in total. The van der Waals surface area contributed by atoms with Crippen LogP contribution in [0.5, 0.6) is 0 Å². The summed E-state index contributed by atoms with van der Waals surface area (Å²) in [5.74, 6) is -0.859. The van der Waals surface area contributed by atoms with Gasteiger partial charge in [-0.1, -0.05) is 29.8 Å². The fourth-order valence-electron chi connectivity index (χ4n) is 3.02. The van der Waals surface area contributed by atoms with E-state index in [4.69, 9.17) is 0 Å². The minimum atomic E-state index is -1.18. The smallest absolute Gasteiger partial charge is 0.324 e. The van der Waals surface area contributed by atoms with Gasteiger partial charge in [0.2, 0.25) is 5.91 Å². The monoisotopic (exact) mass is 477 g/mol. The van der Waals surface area contributed by atoms with Crippen LogP contribution >= 0.6 is 22.6 Å². The molecule has 1 atom stereocenters. The van der Waals surface area contributed by atoms with Crippen molar-refractivity contribution in [2.45, 2.75) is 26.3 Å². The minimum Gasteiger partial charge on any atom is -0.324 e. The topological polar surface area (TPSA) is 78.5 Å². The lowest BCUT2D eigenvalue weighted by molar-refractivity contribution is -0.133. The van der Waals surface area contributed by atoms with Gasteiger partial charge in [-0.05, 0) is 72.7 Å². The second kappa shape index (κ2) is 7.30. The van der Waals surface area contributed by atoms with E-state index in [9.17, 15) is 14.4 Å². The highest BCUT2D eigenvalue weighted by molar-refractivity contribution is 14.1. The molecular formula is C20H20IN3O3. The molecule has 0 radical (unpaired) electrons. The number of nitrogens with one attached hydrogen (secondary N) is 2. The summed E-state index contributed by atoms with van der Waals surface area (Å²) >= 11 is 2.19. The zero-order chi connectivity index (χ0) is 19.8. The zero-order valence-electron chi connectivity index (χ0n) is 15.3. The zero-order valence-corrected chi connectivity index (χ0v) is 17.5. The highest BCUT2D eigenvalue weighted by atomic mass is 127. The van der Waals surface area contributed by atoms with Crippen molar-refractivity contribution >= 4 is 46.1 Å². The summed E-state index contributed by atoms with van der Waals surface area (Å²) in [5, 5.41) is 5.47. The van der Waals surface area contributed by atoms with Crippen LogP contribution in [0.1, 0.15) is 23.6 Å². The van der Waals surface area contributed by atoms with E-state index in [1.54, 1.807) is 13.0 Å². The Balaban J connectivity index is 1.75. The summed E-state index contributed by atoms with van der Waals surface area (Å²) in [5.41, 5.74) is 2.14. The van der Waals surface area contributed by atoms with E-state index in [1.165, 1.54) is 0 Å². The Bertz CT molecular complexity index is 927. The fraction of sp³-hybridized carbons (Fsp3) is 0.250. The summed E-state index contributed by atoms with van der Waals surface area (Å²) in [7, 11) is 0. The summed E-state index contributed by atoms with van der Waals surface area (Å²) in [4.78, 5) is 38.6. The first-order valence-electron chi connectivity index (χ1n) is 8.48. The van der Waals surface area contributed by atoms with Crippen LogP contribution in [0.3, 0.4) is 0 Å². The second-order valence-electron chi connectivity index (χ2n) is 6.82. The molecule has 0 saturated carbocycles. The van der Waals surface area contributed by atoms with Crippen LogP contribution < -0.4 is 10.6 Å². The molecule has 1 aliphatic heterocycles. The molecule has 0 bridgehead atoms. The maximum Gasteiger partial charge on any atom is 0.325 e. The average Bonchev–Trinajstić information content (AvgIpc) is 2.82. The van der Waals surface area contributed by atoms with Crippen molar-refractivity contribution < 1.29 is 14.4 Å². The van der Waals surface area contributed by atoms with E-state index in [1.807, 2.05) is 50.2 Å². The van der Waals surface area contributed by atoms with Crippen LogP contribution in [-0.2, 0) is 15.1 Å². The van der Waals surface area contributed by atoms with Gasteiger partial charge in [0.05, 0.1) is 0 Å². The average molecular weight is 477 g/mol. The molecule has 2 aromatic carbocycles. The van der Waals surface area contributed by atoms with Crippen molar-refractivity contribution in [3.05, 3.63) is 62.7 Å². The molecule has 2 aromatic rings. The van der Waals surface area contributed by atoms with Gasteiger partial charge >= 0.3 is 6.03 Å². The van der Waals surface area contributed by atoms with Crippen molar-refractivity contribution in [3.63, 3.8) is 0 Å². The number of aryl methyl sites for hydroxylation is 2. The molecule has 0 spiro atoms. The van der Waals surface area contributed by atoms with Crippen LogP contribution in [0.25, 0.3) is 0 Å². The van der Waals surface area contributed by atoms with Gasteiger partial charge in [0.1, 0.15) is 12.1 Å². The highest BCUT2D eigenvalue weighted by Crippen LogP contribution is 2.29. The van der Waals surface area contributed by atoms with Gasteiger partial charge in [0.25, 0.3) is 5.91 Å². The lowest BCUT2D eigenvalue weighted by atomic mass is 9.91. The summed E-state index contributed by atoms with van der Waals surface area (Å²) < 4.78 is 1.06. The number of carbonyl (C=O) groups excluding carboxylic acids is 3. The number of benzene rings is 2. The molecule has 1 unspecified atom stereocenters.